The van der Waals surface area contributed by atoms with Crippen molar-refractivity contribution < 1.29 is 18.7 Å². The molecule has 7 heteroatoms. The van der Waals surface area contributed by atoms with Crippen molar-refractivity contribution in [1.82, 2.24) is 14.8 Å². The maximum Gasteiger partial charge on any atom is 0.256 e. The largest absolute Gasteiger partial charge is 0.457 e. The zero-order valence-electron chi connectivity index (χ0n) is 21.4. The van der Waals surface area contributed by atoms with Crippen molar-refractivity contribution in [2.45, 2.75) is 12.8 Å². The minimum absolute atomic E-state index is 0.0164. The van der Waals surface area contributed by atoms with Crippen molar-refractivity contribution in [2.24, 2.45) is 5.41 Å². The van der Waals surface area contributed by atoms with E-state index in [-0.39, 0.29) is 23.0 Å². The summed E-state index contributed by atoms with van der Waals surface area (Å²) in [5.41, 5.74) is 2.47. The van der Waals surface area contributed by atoms with E-state index in [2.05, 4.69) is 4.98 Å². The zero-order chi connectivity index (χ0) is 26.8. The number of piperidine rings is 1. The molecule has 0 radical (unpaired) electrons. The predicted octanol–water partition coefficient (Wildman–Crippen LogP) is 6.06. The van der Waals surface area contributed by atoms with Gasteiger partial charge >= 0.3 is 0 Å². The van der Waals surface area contributed by atoms with Crippen LogP contribution in [-0.4, -0.2) is 52.8 Å². The van der Waals surface area contributed by atoms with Gasteiger partial charge in [-0.2, -0.15) is 0 Å². The minimum Gasteiger partial charge on any atom is -0.457 e. The Hall–Kier alpha value is -4.52. The Labute approximate surface area is 226 Å². The van der Waals surface area contributed by atoms with E-state index < -0.39 is 0 Å². The molecule has 6 nitrogen and oxygen atoms in total. The summed E-state index contributed by atoms with van der Waals surface area (Å²) in [7, 11) is 0. The molecule has 1 aromatic heterocycles. The molecule has 2 aliphatic heterocycles. The summed E-state index contributed by atoms with van der Waals surface area (Å²) in [6.45, 7) is 2.65. The summed E-state index contributed by atoms with van der Waals surface area (Å²) >= 11 is 0. The van der Waals surface area contributed by atoms with Gasteiger partial charge in [-0.05, 0) is 85.6 Å². The van der Waals surface area contributed by atoms with Crippen LogP contribution < -0.4 is 4.74 Å². The molecule has 3 heterocycles. The van der Waals surface area contributed by atoms with Gasteiger partial charge in [0.25, 0.3) is 11.8 Å². The first-order chi connectivity index (χ1) is 19.0. The Morgan fingerprint density at radius 1 is 0.744 bits per heavy atom. The number of hydrogen-bond acceptors (Lipinski definition) is 4. The smallest absolute Gasteiger partial charge is 0.256 e. The highest BCUT2D eigenvalue weighted by Gasteiger charge is 2.47. The number of rotatable bonds is 5. The number of benzene rings is 3. The van der Waals surface area contributed by atoms with Crippen LogP contribution in [0.5, 0.6) is 11.5 Å². The minimum atomic E-state index is -0.328. The lowest BCUT2D eigenvalue weighted by molar-refractivity contribution is -0.0287. The lowest BCUT2D eigenvalue weighted by atomic mass is 9.71. The second-order valence-electron chi connectivity index (χ2n) is 10.3. The summed E-state index contributed by atoms with van der Waals surface area (Å²) < 4.78 is 19.2. The lowest BCUT2D eigenvalue weighted by Crippen LogP contribution is -2.62. The Morgan fingerprint density at radius 3 is 2.10 bits per heavy atom. The number of pyridine rings is 1. The third-order valence-corrected chi connectivity index (χ3v) is 7.69. The molecule has 39 heavy (non-hydrogen) atoms. The predicted molar refractivity (Wildman–Crippen MR) is 146 cm³/mol. The molecule has 196 valence electrons. The molecule has 0 atom stereocenters. The molecule has 3 aromatic carbocycles. The van der Waals surface area contributed by atoms with E-state index >= 15 is 0 Å². The molecule has 2 amide bonds. The first-order valence-electron chi connectivity index (χ1n) is 13.1. The Balaban J connectivity index is 1.05. The second-order valence-corrected chi connectivity index (χ2v) is 10.3. The summed E-state index contributed by atoms with van der Waals surface area (Å²) in [5.74, 6) is 1.06. The number of likely N-dealkylation sites (tertiary alicyclic amines) is 2. The van der Waals surface area contributed by atoms with E-state index in [1.807, 2.05) is 52.3 Å². The summed E-state index contributed by atoms with van der Waals surface area (Å²) in [4.78, 5) is 34.6. The Bertz CT molecular complexity index is 1470. The van der Waals surface area contributed by atoms with Crippen LogP contribution in [0.1, 0.15) is 33.6 Å². The molecule has 2 fully saturated rings. The third-order valence-electron chi connectivity index (χ3n) is 7.69. The topological polar surface area (TPSA) is 62.7 Å². The van der Waals surface area contributed by atoms with Crippen LogP contribution in [0.25, 0.3) is 11.3 Å². The highest BCUT2D eigenvalue weighted by atomic mass is 19.1. The SMILES string of the molecule is O=C(c1ccc(Oc2ccccc2)cc1)N1CCC2(CC1)CN(C(=O)c1cccnc1-c1ccc(F)cc1)C2. The van der Waals surface area contributed by atoms with Gasteiger partial charge in [0.1, 0.15) is 17.3 Å². The van der Waals surface area contributed by atoms with Gasteiger partial charge < -0.3 is 14.5 Å². The average Bonchev–Trinajstić information content (AvgIpc) is 2.97. The molecule has 0 saturated carbocycles. The van der Waals surface area contributed by atoms with E-state index in [0.29, 0.717) is 54.3 Å². The highest BCUT2D eigenvalue weighted by Crippen LogP contribution is 2.42. The molecule has 1 spiro atoms. The van der Waals surface area contributed by atoms with Gasteiger partial charge in [0.05, 0.1) is 11.3 Å². The van der Waals surface area contributed by atoms with Crippen LogP contribution in [0.3, 0.4) is 0 Å². The van der Waals surface area contributed by atoms with Gasteiger partial charge in [-0.3, -0.25) is 14.6 Å². The van der Waals surface area contributed by atoms with Crippen LogP contribution in [0.2, 0.25) is 0 Å². The molecule has 4 aromatic rings. The number of carbonyl (C=O) groups excluding carboxylic acids is 2. The number of para-hydroxylation sites is 1. The molecule has 2 saturated heterocycles. The fraction of sp³-hybridized carbons (Fsp3) is 0.219. The monoisotopic (exact) mass is 521 g/mol. The normalized spacial score (nSPS) is 16.0. The Morgan fingerprint density at radius 2 is 1.41 bits per heavy atom. The number of carbonyl (C=O) groups is 2. The van der Waals surface area contributed by atoms with E-state index in [4.69, 9.17) is 4.74 Å². The first-order valence-corrected chi connectivity index (χ1v) is 13.1. The van der Waals surface area contributed by atoms with E-state index in [1.165, 1.54) is 12.1 Å². The molecule has 2 aliphatic rings. The van der Waals surface area contributed by atoms with E-state index in [1.54, 1.807) is 42.6 Å². The van der Waals surface area contributed by atoms with Crippen molar-refractivity contribution in [3.63, 3.8) is 0 Å². The van der Waals surface area contributed by atoms with Gasteiger partial charge in [-0.1, -0.05) is 18.2 Å². The van der Waals surface area contributed by atoms with E-state index in [0.717, 1.165) is 18.6 Å². The molecule has 0 N–H and O–H groups in total. The van der Waals surface area contributed by atoms with Crippen LogP contribution in [0.4, 0.5) is 4.39 Å². The van der Waals surface area contributed by atoms with E-state index in [9.17, 15) is 14.0 Å². The number of amides is 2. The van der Waals surface area contributed by atoms with Crippen molar-refractivity contribution >= 4 is 11.8 Å². The molecular weight excluding hydrogens is 493 g/mol. The summed E-state index contributed by atoms with van der Waals surface area (Å²) in [5, 5.41) is 0. The number of hydrogen-bond donors (Lipinski definition) is 0. The van der Waals surface area contributed by atoms with Gasteiger partial charge in [0.2, 0.25) is 0 Å². The molecule has 0 bridgehead atoms. The first kappa shape index (κ1) is 24.8. The highest BCUT2D eigenvalue weighted by molar-refractivity contribution is 6.00. The zero-order valence-corrected chi connectivity index (χ0v) is 21.4. The van der Waals surface area contributed by atoms with Crippen LogP contribution in [0, 0.1) is 11.2 Å². The van der Waals surface area contributed by atoms with Crippen LogP contribution >= 0.6 is 0 Å². The Kier molecular flexibility index (Phi) is 6.57. The van der Waals surface area contributed by atoms with Gasteiger partial charge in [-0.25, -0.2) is 4.39 Å². The van der Waals surface area contributed by atoms with Gasteiger partial charge in [0, 0.05) is 48.9 Å². The number of aromatic nitrogens is 1. The van der Waals surface area contributed by atoms with Crippen molar-refractivity contribution in [3.05, 3.63) is 114 Å². The van der Waals surface area contributed by atoms with Crippen molar-refractivity contribution in [3.8, 4) is 22.8 Å². The fourth-order valence-corrected chi connectivity index (χ4v) is 5.47. The molecule has 0 aliphatic carbocycles. The summed E-state index contributed by atoms with van der Waals surface area (Å²) in [6, 6.07) is 26.3. The van der Waals surface area contributed by atoms with Crippen LogP contribution in [0.15, 0.2) is 97.2 Å². The lowest BCUT2D eigenvalue weighted by Gasteiger charge is -2.54. The number of halogens is 1. The van der Waals surface area contributed by atoms with Gasteiger partial charge in [-0.15, -0.1) is 0 Å². The second kappa shape index (κ2) is 10.3. The average molecular weight is 522 g/mol. The third kappa shape index (κ3) is 5.12. The number of nitrogens with zero attached hydrogens (tertiary/aromatic N) is 3. The van der Waals surface area contributed by atoms with Crippen molar-refractivity contribution in [2.75, 3.05) is 26.2 Å². The molecular formula is C32H28FN3O3. The fourth-order valence-electron chi connectivity index (χ4n) is 5.47. The van der Waals surface area contributed by atoms with Gasteiger partial charge in [0.15, 0.2) is 0 Å². The van der Waals surface area contributed by atoms with Crippen molar-refractivity contribution in [1.29, 1.82) is 0 Å². The standard InChI is InChI=1S/C32H28FN3O3/c33-25-12-8-23(9-13-25)29-28(7-4-18-34-29)31(38)36-21-32(22-36)16-19-35(20-17-32)30(37)24-10-14-27(15-11-24)39-26-5-2-1-3-6-26/h1-15,18H,16-17,19-22H2. The maximum atomic E-state index is 13.4. The quantitative estimate of drug-likeness (QED) is 0.320. The summed E-state index contributed by atoms with van der Waals surface area (Å²) in [6.07, 6.45) is 3.36. The van der Waals surface area contributed by atoms with Crippen LogP contribution in [-0.2, 0) is 0 Å². The maximum absolute atomic E-state index is 13.4. The molecule has 6 rings (SSSR count). The number of ether oxygens (including phenoxy) is 1. The molecule has 0 unspecified atom stereocenters.